The van der Waals surface area contributed by atoms with Crippen molar-refractivity contribution in [2.75, 3.05) is 0 Å². The van der Waals surface area contributed by atoms with Crippen molar-refractivity contribution in [2.45, 2.75) is 39.5 Å². The van der Waals surface area contributed by atoms with Crippen molar-refractivity contribution in [3.8, 4) is 5.75 Å². The second-order valence-electron chi connectivity index (χ2n) is 5.23. The maximum Gasteiger partial charge on any atom is 0.573 e. The van der Waals surface area contributed by atoms with E-state index in [1.54, 1.807) is 12.3 Å². The van der Waals surface area contributed by atoms with Gasteiger partial charge < -0.3 is 9.72 Å². The van der Waals surface area contributed by atoms with Gasteiger partial charge in [0.1, 0.15) is 0 Å². The SMILES string of the molecule is CCC(c1c[nH]c2c(OC(F)(F)F)cccc12)C(C)C. The second-order valence-corrected chi connectivity index (χ2v) is 5.23. The van der Waals surface area contributed by atoms with Crippen molar-refractivity contribution in [3.05, 3.63) is 30.0 Å². The van der Waals surface area contributed by atoms with Gasteiger partial charge in [-0.2, -0.15) is 0 Å². The fourth-order valence-corrected chi connectivity index (χ4v) is 2.72. The molecule has 0 bridgehead atoms. The zero-order chi connectivity index (χ0) is 14.9. The lowest BCUT2D eigenvalue weighted by Gasteiger charge is -2.18. The Morgan fingerprint density at radius 1 is 1.25 bits per heavy atom. The number of rotatable bonds is 4. The molecule has 0 fully saturated rings. The fourth-order valence-electron chi connectivity index (χ4n) is 2.72. The third-order valence-electron chi connectivity index (χ3n) is 3.58. The number of halogens is 3. The van der Waals surface area contributed by atoms with Gasteiger partial charge in [0.2, 0.25) is 0 Å². The van der Waals surface area contributed by atoms with Gasteiger partial charge in [0.15, 0.2) is 5.75 Å². The third-order valence-corrected chi connectivity index (χ3v) is 3.58. The normalized spacial score (nSPS) is 13.9. The lowest BCUT2D eigenvalue weighted by molar-refractivity contribution is -0.274. The van der Waals surface area contributed by atoms with Gasteiger partial charge in [0.05, 0.1) is 5.52 Å². The van der Waals surface area contributed by atoms with Crippen LogP contribution in [0.5, 0.6) is 5.75 Å². The summed E-state index contributed by atoms with van der Waals surface area (Å²) in [5.41, 5.74) is 1.45. The number of nitrogens with one attached hydrogen (secondary N) is 1. The Kier molecular flexibility index (Phi) is 3.97. The summed E-state index contributed by atoms with van der Waals surface area (Å²) in [6.07, 6.45) is -1.95. The minimum Gasteiger partial charge on any atom is -0.404 e. The van der Waals surface area contributed by atoms with Crippen LogP contribution in [0.2, 0.25) is 0 Å². The van der Waals surface area contributed by atoms with Crippen LogP contribution in [0.4, 0.5) is 13.2 Å². The van der Waals surface area contributed by atoms with Crippen molar-refractivity contribution < 1.29 is 17.9 Å². The first-order valence-electron chi connectivity index (χ1n) is 6.69. The summed E-state index contributed by atoms with van der Waals surface area (Å²) in [7, 11) is 0. The summed E-state index contributed by atoms with van der Waals surface area (Å²) in [4.78, 5) is 2.92. The molecule has 0 spiro atoms. The largest absolute Gasteiger partial charge is 0.573 e. The van der Waals surface area contributed by atoms with Crippen LogP contribution >= 0.6 is 0 Å². The topological polar surface area (TPSA) is 25.0 Å². The number of aromatic nitrogens is 1. The second kappa shape index (κ2) is 5.38. The van der Waals surface area contributed by atoms with Crippen molar-refractivity contribution in [3.63, 3.8) is 0 Å². The quantitative estimate of drug-likeness (QED) is 0.819. The van der Waals surface area contributed by atoms with Crippen LogP contribution in [0, 0.1) is 5.92 Å². The minimum absolute atomic E-state index is 0.181. The van der Waals surface area contributed by atoms with Crippen molar-refractivity contribution in [2.24, 2.45) is 5.92 Å². The third kappa shape index (κ3) is 2.92. The van der Waals surface area contributed by atoms with E-state index in [0.717, 1.165) is 17.4 Å². The summed E-state index contributed by atoms with van der Waals surface area (Å²) in [5, 5.41) is 0.798. The van der Waals surface area contributed by atoms with E-state index < -0.39 is 6.36 Å². The predicted octanol–water partition coefficient (Wildman–Crippen LogP) is 5.22. The van der Waals surface area contributed by atoms with Crippen LogP contribution in [0.1, 0.15) is 38.7 Å². The standard InChI is InChI=1S/C15H18F3NO/c1-4-10(9(2)3)12-8-19-14-11(12)6-5-7-13(14)20-15(16,17)18/h5-10,19H,4H2,1-3H3. The molecule has 20 heavy (non-hydrogen) atoms. The van der Waals surface area contributed by atoms with E-state index >= 15 is 0 Å². The number of aromatic amines is 1. The molecule has 0 radical (unpaired) electrons. The Hall–Kier alpha value is -1.65. The average Bonchev–Trinajstić information content (AvgIpc) is 2.73. The predicted molar refractivity (Wildman–Crippen MR) is 72.9 cm³/mol. The molecule has 2 rings (SSSR count). The molecule has 0 saturated carbocycles. The van der Waals surface area contributed by atoms with E-state index in [0.29, 0.717) is 17.4 Å². The summed E-state index contributed by atoms with van der Waals surface area (Å²) in [6, 6.07) is 4.75. The monoisotopic (exact) mass is 285 g/mol. The number of alkyl halides is 3. The molecule has 0 saturated heterocycles. The molecule has 5 heteroatoms. The number of benzene rings is 1. The Morgan fingerprint density at radius 3 is 2.50 bits per heavy atom. The Bertz CT molecular complexity index is 586. The van der Waals surface area contributed by atoms with Gasteiger partial charge in [-0.15, -0.1) is 13.2 Å². The van der Waals surface area contributed by atoms with Crippen molar-refractivity contribution in [1.29, 1.82) is 0 Å². The van der Waals surface area contributed by atoms with Gasteiger partial charge >= 0.3 is 6.36 Å². The average molecular weight is 285 g/mol. The molecule has 0 aliphatic heterocycles. The van der Waals surface area contributed by atoms with Crippen LogP contribution in [0.15, 0.2) is 24.4 Å². The van der Waals surface area contributed by atoms with Gasteiger partial charge in [-0.25, -0.2) is 0 Å². The van der Waals surface area contributed by atoms with E-state index in [2.05, 4.69) is 30.5 Å². The first-order valence-corrected chi connectivity index (χ1v) is 6.69. The molecule has 2 nitrogen and oxygen atoms in total. The van der Waals surface area contributed by atoms with Gasteiger partial charge in [0.25, 0.3) is 0 Å². The molecular weight excluding hydrogens is 267 g/mol. The van der Waals surface area contributed by atoms with Gasteiger partial charge in [-0.1, -0.05) is 32.9 Å². The van der Waals surface area contributed by atoms with Crippen LogP contribution in [0.3, 0.4) is 0 Å². The van der Waals surface area contributed by atoms with E-state index in [9.17, 15) is 13.2 Å². The molecule has 1 atom stereocenters. The molecular formula is C15H18F3NO. The highest BCUT2D eigenvalue weighted by atomic mass is 19.4. The van der Waals surface area contributed by atoms with E-state index in [4.69, 9.17) is 0 Å². The maximum atomic E-state index is 12.4. The lowest BCUT2D eigenvalue weighted by atomic mass is 9.86. The first-order chi connectivity index (χ1) is 9.33. The van der Waals surface area contributed by atoms with Gasteiger partial charge in [-0.05, 0) is 29.9 Å². The lowest BCUT2D eigenvalue weighted by Crippen LogP contribution is -2.17. The van der Waals surface area contributed by atoms with Crippen LogP contribution in [-0.2, 0) is 0 Å². The number of fused-ring (bicyclic) bond motifs is 1. The van der Waals surface area contributed by atoms with Crippen LogP contribution in [0.25, 0.3) is 10.9 Å². The highest BCUT2D eigenvalue weighted by Gasteiger charge is 2.32. The first kappa shape index (κ1) is 14.8. The Labute approximate surface area is 115 Å². The van der Waals surface area contributed by atoms with Crippen molar-refractivity contribution in [1.82, 2.24) is 4.98 Å². The number of ether oxygens (including phenoxy) is 1. The minimum atomic E-state index is -4.68. The number of para-hydroxylation sites is 1. The summed E-state index contributed by atoms with van der Waals surface area (Å²) in [5.74, 6) is 0.552. The Balaban J connectivity index is 2.49. The summed E-state index contributed by atoms with van der Waals surface area (Å²) in [6.45, 7) is 6.31. The molecule has 110 valence electrons. The van der Waals surface area contributed by atoms with E-state index in [1.165, 1.54) is 6.07 Å². The molecule has 0 aliphatic carbocycles. The van der Waals surface area contributed by atoms with Crippen molar-refractivity contribution >= 4 is 10.9 Å². The molecule has 0 aliphatic rings. The van der Waals surface area contributed by atoms with Gasteiger partial charge in [0, 0.05) is 11.6 Å². The van der Waals surface area contributed by atoms with E-state index in [1.807, 2.05) is 6.07 Å². The number of hydrogen-bond donors (Lipinski definition) is 1. The number of H-pyrrole nitrogens is 1. The Morgan fingerprint density at radius 2 is 1.95 bits per heavy atom. The zero-order valence-corrected chi connectivity index (χ0v) is 11.7. The van der Waals surface area contributed by atoms with E-state index in [-0.39, 0.29) is 5.75 Å². The molecule has 1 aromatic carbocycles. The van der Waals surface area contributed by atoms with Gasteiger partial charge in [-0.3, -0.25) is 0 Å². The summed E-state index contributed by atoms with van der Waals surface area (Å²) < 4.78 is 41.2. The molecule has 1 unspecified atom stereocenters. The molecule has 2 aromatic rings. The molecule has 1 heterocycles. The highest BCUT2D eigenvalue weighted by molar-refractivity contribution is 5.88. The number of hydrogen-bond acceptors (Lipinski definition) is 1. The zero-order valence-electron chi connectivity index (χ0n) is 11.7. The smallest absolute Gasteiger partial charge is 0.404 e. The fraction of sp³-hybridized carbons (Fsp3) is 0.467. The highest BCUT2D eigenvalue weighted by Crippen LogP contribution is 2.37. The van der Waals surface area contributed by atoms with Crippen LogP contribution < -0.4 is 4.74 Å². The molecule has 0 amide bonds. The van der Waals surface area contributed by atoms with Crippen LogP contribution in [-0.4, -0.2) is 11.3 Å². The summed E-state index contributed by atoms with van der Waals surface area (Å²) >= 11 is 0. The molecule has 1 aromatic heterocycles. The maximum absolute atomic E-state index is 12.4. The molecule has 1 N–H and O–H groups in total.